The van der Waals surface area contributed by atoms with Gasteiger partial charge in [0, 0.05) is 64.3 Å². The molecule has 19 nitrogen and oxygen atoms in total. The Bertz CT molecular complexity index is 2880. The van der Waals surface area contributed by atoms with E-state index in [0.29, 0.717) is 37.5 Å². The second-order valence-electron chi connectivity index (χ2n) is 14.4. The molecule has 19 heteroatoms. The number of aliphatic hydroxyl groups is 1. The van der Waals surface area contributed by atoms with Crippen molar-refractivity contribution in [2.24, 2.45) is 10.2 Å². The molecule has 0 aliphatic carbocycles. The Balaban J connectivity index is 0.956. The maximum Gasteiger partial charge on any atom is 0.250 e. The third-order valence-electron chi connectivity index (χ3n) is 10.1. The highest BCUT2D eigenvalue weighted by Crippen LogP contribution is 2.29. The second-order valence-corrected chi connectivity index (χ2v) is 14.4. The summed E-state index contributed by atoms with van der Waals surface area (Å²) in [6.07, 6.45) is 6.96. The molecule has 1 aliphatic heterocycles. The van der Waals surface area contributed by atoms with E-state index in [1.54, 1.807) is 19.5 Å². The van der Waals surface area contributed by atoms with Crippen LogP contribution in [0.2, 0.25) is 0 Å². The Labute approximate surface area is 361 Å². The standard InChI is InChI=1S/C44H44N16O3/c1-28-11-13-31(14-12-28)49-40-51-39(45-19-21-61)52-42(53-40)57-48-25-30-26-60(37-10-6-4-8-35(30)37)38-27-59(20-22-63-38)44-55-41(50-32-15-17-33(62-2)18-16-32)54-43(56-44)58-47-24-29-23-46-36-9-5-3-7-34(29)36/h3-18,23-26,38,46,61H,19-22,27H2,1-2H3,(H2,50,54,55,56,58)(H3,45,49,51,52,53,57)/b47-24+,48-25+. The lowest BCUT2D eigenvalue weighted by molar-refractivity contribution is -0.00607. The first-order chi connectivity index (χ1) is 31.0. The molecule has 1 aliphatic rings. The molecule has 4 aromatic carbocycles. The number of nitrogens with zero attached hydrogens (tertiary/aromatic N) is 10. The summed E-state index contributed by atoms with van der Waals surface area (Å²) in [6.45, 7) is 3.60. The summed E-state index contributed by atoms with van der Waals surface area (Å²) < 4.78 is 13.8. The van der Waals surface area contributed by atoms with Crippen LogP contribution in [0.25, 0.3) is 21.8 Å². The summed E-state index contributed by atoms with van der Waals surface area (Å²) in [4.78, 5) is 33.0. The van der Waals surface area contributed by atoms with Crippen LogP contribution in [0, 0.1) is 6.92 Å². The number of aryl methyl sites for hydroxylation is 1. The zero-order valence-electron chi connectivity index (χ0n) is 34.4. The molecule has 5 heterocycles. The number of nitrogens with one attached hydrogen (secondary N) is 6. The molecule has 1 saturated heterocycles. The number of fused-ring (bicyclic) bond motifs is 2. The van der Waals surface area contributed by atoms with E-state index in [1.165, 1.54) is 0 Å². The number of hydrogen-bond donors (Lipinski definition) is 7. The van der Waals surface area contributed by atoms with Crippen molar-refractivity contribution >= 4 is 81.3 Å². The zero-order chi connectivity index (χ0) is 43.0. The van der Waals surface area contributed by atoms with Gasteiger partial charge in [0.15, 0.2) is 6.23 Å². The first kappa shape index (κ1) is 40.3. The third-order valence-corrected chi connectivity index (χ3v) is 10.1. The van der Waals surface area contributed by atoms with Gasteiger partial charge in [-0.3, -0.25) is 0 Å². The molecule has 1 unspecified atom stereocenters. The van der Waals surface area contributed by atoms with Crippen LogP contribution in [0.1, 0.15) is 22.9 Å². The highest BCUT2D eigenvalue weighted by atomic mass is 16.5. The molecule has 0 bridgehead atoms. The van der Waals surface area contributed by atoms with Crippen molar-refractivity contribution in [3.05, 3.63) is 126 Å². The van der Waals surface area contributed by atoms with E-state index in [-0.39, 0.29) is 31.0 Å². The van der Waals surface area contributed by atoms with Crippen molar-refractivity contribution in [2.75, 3.05) is 71.7 Å². The minimum Gasteiger partial charge on any atom is -0.497 e. The lowest BCUT2D eigenvalue weighted by Gasteiger charge is -2.34. The number of aromatic nitrogens is 8. The van der Waals surface area contributed by atoms with Gasteiger partial charge in [0.05, 0.1) is 44.8 Å². The van der Waals surface area contributed by atoms with Crippen LogP contribution in [0.15, 0.2) is 120 Å². The maximum absolute atomic E-state index is 9.39. The summed E-state index contributed by atoms with van der Waals surface area (Å²) in [5.41, 5.74) is 12.4. The number of ether oxygens (including phenoxy) is 2. The molecule has 318 valence electrons. The van der Waals surface area contributed by atoms with Crippen molar-refractivity contribution < 1.29 is 14.6 Å². The highest BCUT2D eigenvalue weighted by molar-refractivity contribution is 6.00. The number of benzene rings is 4. The van der Waals surface area contributed by atoms with E-state index in [0.717, 1.165) is 55.6 Å². The van der Waals surface area contributed by atoms with Crippen LogP contribution in [-0.4, -0.2) is 96.9 Å². The number of aromatic amines is 1. The predicted molar refractivity (Wildman–Crippen MR) is 246 cm³/mol. The van der Waals surface area contributed by atoms with Crippen LogP contribution < -0.4 is 36.4 Å². The van der Waals surface area contributed by atoms with Gasteiger partial charge in [0.2, 0.25) is 35.7 Å². The smallest absolute Gasteiger partial charge is 0.250 e. The molecular formula is C44H44N16O3. The number of para-hydroxylation sites is 2. The van der Waals surface area contributed by atoms with Crippen molar-refractivity contribution in [2.45, 2.75) is 13.2 Å². The van der Waals surface area contributed by atoms with Gasteiger partial charge in [0.1, 0.15) is 5.75 Å². The summed E-state index contributed by atoms with van der Waals surface area (Å²) in [6, 6.07) is 31.5. The van der Waals surface area contributed by atoms with Crippen LogP contribution in [0.3, 0.4) is 0 Å². The van der Waals surface area contributed by atoms with E-state index < -0.39 is 6.23 Å². The number of morpholine rings is 1. The van der Waals surface area contributed by atoms with Gasteiger partial charge in [0.25, 0.3) is 0 Å². The van der Waals surface area contributed by atoms with Crippen LogP contribution in [-0.2, 0) is 4.74 Å². The quantitative estimate of drug-likeness (QED) is 0.0401. The molecule has 7 N–H and O–H groups in total. The van der Waals surface area contributed by atoms with E-state index in [9.17, 15) is 5.11 Å². The number of anilines is 8. The lowest BCUT2D eigenvalue weighted by atomic mass is 10.2. The van der Waals surface area contributed by atoms with Gasteiger partial charge in [-0.2, -0.15) is 40.1 Å². The summed E-state index contributed by atoms with van der Waals surface area (Å²) in [5.74, 6) is 2.58. The van der Waals surface area contributed by atoms with Gasteiger partial charge in [-0.25, -0.2) is 10.9 Å². The first-order valence-corrected chi connectivity index (χ1v) is 20.2. The first-order valence-electron chi connectivity index (χ1n) is 20.2. The largest absolute Gasteiger partial charge is 0.497 e. The molecule has 0 saturated carbocycles. The number of H-pyrrole nitrogens is 1. The molecule has 0 spiro atoms. The van der Waals surface area contributed by atoms with E-state index in [2.05, 4.69) is 71.4 Å². The summed E-state index contributed by atoms with van der Waals surface area (Å²) >= 11 is 0. The van der Waals surface area contributed by atoms with Gasteiger partial charge in [-0.1, -0.05) is 54.1 Å². The molecule has 1 atom stereocenters. The van der Waals surface area contributed by atoms with Crippen LogP contribution >= 0.6 is 0 Å². The normalized spacial score (nSPS) is 14.1. The number of rotatable bonds is 16. The monoisotopic (exact) mass is 844 g/mol. The average molecular weight is 845 g/mol. The third kappa shape index (κ3) is 9.59. The molecule has 63 heavy (non-hydrogen) atoms. The summed E-state index contributed by atoms with van der Waals surface area (Å²) in [7, 11) is 1.63. The van der Waals surface area contributed by atoms with E-state index in [4.69, 9.17) is 19.4 Å². The van der Waals surface area contributed by atoms with Crippen LogP contribution in [0.4, 0.5) is 47.1 Å². The molecule has 1 fully saturated rings. The Morgan fingerprint density at radius 2 is 1.40 bits per heavy atom. The predicted octanol–water partition coefficient (Wildman–Crippen LogP) is 6.63. The summed E-state index contributed by atoms with van der Waals surface area (Å²) in [5, 5.41) is 29.9. The topological polar surface area (TPSA) is 225 Å². The Kier molecular flexibility index (Phi) is 11.9. The van der Waals surface area contributed by atoms with Gasteiger partial charge in [-0.05, 0) is 55.5 Å². The number of methoxy groups -OCH3 is 1. The molecular weight excluding hydrogens is 801 g/mol. The van der Waals surface area contributed by atoms with Gasteiger partial charge < -0.3 is 45.0 Å². The Morgan fingerprint density at radius 1 is 0.762 bits per heavy atom. The Hall–Kier alpha value is -8.16. The molecule has 8 aromatic rings. The van der Waals surface area contributed by atoms with Crippen molar-refractivity contribution in [3.8, 4) is 5.75 Å². The minimum atomic E-state index is -0.399. The SMILES string of the molecule is COc1ccc(Nc2nc(N/N=C/c3c[nH]c4ccccc34)nc(N3CCOC(n4cc(/C=N/Nc5nc(NCCO)nc(Nc6ccc(C)cc6)n5)c5ccccc54)C3)n2)cc1. The fraction of sp³-hybridized carbons (Fsp3) is 0.182. The molecule has 9 rings (SSSR count). The van der Waals surface area contributed by atoms with Crippen molar-refractivity contribution in [3.63, 3.8) is 0 Å². The number of hydrazone groups is 2. The zero-order valence-corrected chi connectivity index (χ0v) is 34.4. The molecule has 0 amide bonds. The molecule has 4 aromatic heterocycles. The van der Waals surface area contributed by atoms with E-state index >= 15 is 0 Å². The fourth-order valence-corrected chi connectivity index (χ4v) is 6.98. The van der Waals surface area contributed by atoms with Crippen LogP contribution in [0.5, 0.6) is 5.75 Å². The van der Waals surface area contributed by atoms with E-state index in [1.807, 2.05) is 116 Å². The van der Waals surface area contributed by atoms with Crippen molar-refractivity contribution in [1.29, 1.82) is 0 Å². The number of aliphatic hydroxyl groups excluding tert-OH is 1. The second kappa shape index (κ2) is 18.6. The average Bonchev–Trinajstić information content (AvgIpc) is 3.91. The fourth-order valence-electron chi connectivity index (χ4n) is 6.98. The maximum atomic E-state index is 9.39. The molecule has 0 radical (unpaired) electrons. The number of hydrogen-bond acceptors (Lipinski definition) is 17. The lowest BCUT2D eigenvalue weighted by Crippen LogP contribution is -2.41. The minimum absolute atomic E-state index is 0.0846. The highest BCUT2D eigenvalue weighted by Gasteiger charge is 2.26. The van der Waals surface area contributed by atoms with Gasteiger partial charge in [-0.15, -0.1) is 0 Å². The Morgan fingerprint density at radius 3 is 2.16 bits per heavy atom. The van der Waals surface area contributed by atoms with Crippen molar-refractivity contribution in [1.82, 2.24) is 39.5 Å². The van der Waals surface area contributed by atoms with Gasteiger partial charge >= 0.3 is 0 Å².